The Morgan fingerprint density at radius 1 is 1.12 bits per heavy atom. The van der Waals surface area contributed by atoms with Crippen LogP contribution in [-0.4, -0.2) is 21.4 Å². The molecule has 2 aromatic rings. The summed E-state index contributed by atoms with van der Waals surface area (Å²) in [6, 6.07) is 10.3. The van der Waals surface area contributed by atoms with Gasteiger partial charge in [-0.1, -0.05) is 35.9 Å². The van der Waals surface area contributed by atoms with Crippen LogP contribution < -0.4 is 5.32 Å². The predicted octanol–water partition coefficient (Wildman–Crippen LogP) is 1.43. The molecule has 82 valence electrons. The lowest BCUT2D eigenvalue weighted by molar-refractivity contribution is -0.105. The van der Waals surface area contributed by atoms with E-state index in [-0.39, 0.29) is 5.95 Å². The van der Waals surface area contributed by atoms with Crippen LogP contribution in [0.4, 0.5) is 5.95 Å². The number of rotatable bonds is 2. The Balaban J connectivity index is 0.000000165. The van der Waals surface area contributed by atoms with Crippen molar-refractivity contribution >= 4 is 12.4 Å². The van der Waals surface area contributed by atoms with Crippen molar-refractivity contribution in [3.05, 3.63) is 48.5 Å². The number of aromatic nitrogens is 3. The van der Waals surface area contributed by atoms with E-state index in [9.17, 15) is 4.79 Å². The molecule has 0 saturated carbocycles. The predicted molar refractivity (Wildman–Crippen MR) is 60.7 cm³/mol. The van der Waals surface area contributed by atoms with Crippen LogP contribution in [0.15, 0.2) is 43.0 Å². The first-order chi connectivity index (χ1) is 7.83. The number of aryl methyl sites for hydroxylation is 1. The molecule has 1 heterocycles. The average Bonchev–Trinajstić information content (AvgIpc) is 2.33. The number of carbonyl (C=O) groups excluding carboxylic acids is 1. The Kier molecular flexibility index (Phi) is 5.19. The van der Waals surface area contributed by atoms with Crippen LogP contribution in [-0.2, 0) is 4.79 Å². The van der Waals surface area contributed by atoms with Crippen molar-refractivity contribution in [3.63, 3.8) is 0 Å². The first-order valence-corrected chi connectivity index (χ1v) is 4.67. The van der Waals surface area contributed by atoms with Crippen LogP contribution >= 0.6 is 0 Å². The van der Waals surface area contributed by atoms with Crippen molar-refractivity contribution in [2.45, 2.75) is 6.92 Å². The van der Waals surface area contributed by atoms with Crippen LogP contribution in [0.25, 0.3) is 0 Å². The molecule has 5 nitrogen and oxygen atoms in total. The van der Waals surface area contributed by atoms with Crippen LogP contribution in [0, 0.1) is 6.92 Å². The van der Waals surface area contributed by atoms with Gasteiger partial charge in [0.05, 0.1) is 0 Å². The lowest BCUT2D eigenvalue weighted by Crippen LogP contribution is -1.98. The summed E-state index contributed by atoms with van der Waals surface area (Å²) in [7, 11) is 0. The third-order valence-corrected chi connectivity index (χ3v) is 1.62. The topological polar surface area (TPSA) is 67.8 Å². The van der Waals surface area contributed by atoms with Gasteiger partial charge in [0, 0.05) is 0 Å². The summed E-state index contributed by atoms with van der Waals surface area (Å²) in [4.78, 5) is 20.5. The fraction of sp³-hybridized carbons (Fsp3) is 0.0909. The molecule has 0 saturated heterocycles. The number of hydrogen-bond donors (Lipinski definition) is 1. The van der Waals surface area contributed by atoms with Gasteiger partial charge in [-0.3, -0.25) is 10.1 Å². The van der Waals surface area contributed by atoms with Gasteiger partial charge in [-0.05, 0) is 6.92 Å². The second-order valence-electron chi connectivity index (χ2n) is 2.88. The highest BCUT2D eigenvalue weighted by molar-refractivity contribution is 5.66. The molecule has 1 amide bonds. The maximum Gasteiger partial charge on any atom is 0.232 e. The Bertz CT molecular complexity index is 405. The van der Waals surface area contributed by atoms with Gasteiger partial charge < -0.3 is 0 Å². The molecule has 0 aliphatic heterocycles. The minimum Gasteiger partial charge on any atom is -0.297 e. The van der Waals surface area contributed by atoms with Gasteiger partial charge in [-0.25, -0.2) is 15.0 Å². The number of amides is 1. The van der Waals surface area contributed by atoms with E-state index in [1.165, 1.54) is 18.2 Å². The van der Waals surface area contributed by atoms with E-state index in [0.717, 1.165) is 0 Å². The van der Waals surface area contributed by atoms with Gasteiger partial charge >= 0.3 is 0 Å². The Hall–Kier alpha value is -2.30. The van der Waals surface area contributed by atoms with E-state index in [4.69, 9.17) is 0 Å². The third-order valence-electron chi connectivity index (χ3n) is 1.62. The summed E-state index contributed by atoms with van der Waals surface area (Å²) in [5, 5.41) is 2.26. The van der Waals surface area contributed by atoms with Crippen molar-refractivity contribution in [1.82, 2.24) is 15.0 Å². The van der Waals surface area contributed by atoms with Gasteiger partial charge in [-0.15, -0.1) is 0 Å². The molecule has 1 aromatic carbocycles. The highest BCUT2D eigenvalue weighted by Gasteiger charge is 1.86. The summed E-state index contributed by atoms with van der Waals surface area (Å²) in [6.07, 6.45) is 3.12. The number of benzene rings is 1. The van der Waals surface area contributed by atoms with Gasteiger partial charge in [0.25, 0.3) is 0 Å². The van der Waals surface area contributed by atoms with Crippen LogP contribution in [0.1, 0.15) is 5.56 Å². The standard InChI is InChI=1S/C7H8.C4H4N4O/c1-7-5-3-2-4-6-7;9-3-8-4-6-1-5-2-7-4/h2-6H,1H3;1-3H,(H,5,6,7,8,9). The number of hydrogen-bond acceptors (Lipinski definition) is 4. The quantitative estimate of drug-likeness (QED) is 0.771. The molecule has 16 heavy (non-hydrogen) atoms. The SMILES string of the molecule is Cc1ccccc1.O=CNc1ncncn1. The summed E-state index contributed by atoms with van der Waals surface area (Å²) >= 11 is 0. The van der Waals surface area contributed by atoms with Crippen molar-refractivity contribution in [3.8, 4) is 0 Å². The van der Waals surface area contributed by atoms with E-state index >= 15 is 0 Å². The second-order valence-corrected chi connectivity index (χ2v) is 2.88. The maximum absolute atomic E-state index is 9.76. The first-order valence-electron chi connectivity index (χ1n) is 4.67. The molecule has 0 aliphatic carbocycles. The third kappa shape index (κ3) is 4.80. The molecular formula is C11H12N4O. The molecule has 0 bridgehead atoms. The lowest BCUT2D eigenvalue weighted by atomic mass is 10.2. The summed E-state index contributed by atoms with van der Waals surface area (Å²) in [6.45, 7) is 2.08. The first kappa shape index (κ1) is 11.8. The van der Waals surface area contributed by atoms with E-state index in [0.29, 0.717) is 6.41 Å². The summed E-state index contributed by atoms with van der Waals surface area (Å²) < 4.78 is 0. The smallest absolute Gasteiger partial charge is 0.232 e. The molecule has 5 heteroatoms. The van der Waals surface area contributed by atoms with Crippen molar-refractivity contribution in [1.29, 1.82) is 0 Å². The van der Waals surface area contributed by atoms with Gasteiger partial charge in [0.15, 0.2) is 0 Å². The van der Waals surface area contributed by atoms with Crippen LogP contribution in [0.3, 0.4) is 0 Å². The van der Waals surface area contributed by atoms with Crippen molar-refractivity contribution in [2.24, 2.45) is 0 Å². The van der Waals surface area contributed by atoms with Crippen molar-refractivity contribution < 1.29 is 4.79 Å². The largest absolute Gasteiger partial charge is 0.297 e. The van der Waals surface area contributed by atoms with Crippen molar-refractivity contribution in [2.75, 3.05) is 5.32 Å². The summed E-state index contributed by atoms with van der Waals surface area (Å²) in [5.41, 5.74) is 1.32. The molecule has 1 aromatic heterocycles. The van der Waals surface area contributed by atoms with Crippen LogP contribution in [0.2, 0.25) is 0 Å². The minimum atomic E-state index is 0.264. The number of anilines is 1. The van der Waals surface area contributed by atoms with E-state index in [1.807, 2.05) is 18.2 Å². The fourth-order valence-electron chi connectivity index (χ4n) is 0.901. The molecule has 1 N–H and O–H groups in total. The molecular weight excluding hydrogens is 204 g/mol. The molecule has 0 radical (unpaired) electrons. The molecule has 2 rings (SSSR count). The second kappa shape index (κ2) is 7.05. The maximum atomic E-state index is 9.76. The monoisotopic (exact) mass is 216 g/mol. The normalized spacial score (nSPS) is 8.56. The zero-order valence-electron chi connectivity index (χ0n) is 8.87. The molecule has 0 unspecified atom stereocenters. The van der Waals surface area contributed by atoms with Gasteiger partial charge in [0.1, 0.15) is 12.7 Å². The minimum absolute atomic E-state index is 0.264. The van der Waals surface area contributed by atoms with Gasteiger partial charge in [0.2, 0.25) is 12.4 Å². The Morgan fingerprint density at radius 2 is 1.75 bits per heavy atom. The van der Waals surface area contributed by atoms with E-state index < -0.39 is 0 Å². The highest BCUT2D eigenvalue weighted by Crippen LogP contribution is 1.92. The van der Waals surface area contributed by atoms with E-state index in [1.54, 1.807) is 0 Å². The zero-order valence-corrected chi connectivity index (χ0v) is 8.87. The Labute approximate surface area is 93.6 Å². The number of carbonyl (C=O) groups is 1. The summed E-state index contributed by atoms with van der Waals surface area (Å²) in [5.74, 6) is 0.264. The Morgan fingerprint density at radius 3 is 2.19 bits per heavy atom. The van der Waals surface area contributed by atoms with Gasteiger partial charge in [-0.2, -0.15) is 0 Å². The molecule has 0 spiro atoms. The average molecular weight is 216 g/mol. The zero-order chi connectivity index (χ0) is 11.6. The molecule has 0 aliphatic rings. The van der Waals surface area contributed by atoms with E-state index in [2.05, 4.69) is 39.3 Å². The van der Waals surface area contributed by atoms with Crippen LogP contribution in [0.5, 0.6) is 0 Å². The lowest BCUT2D eigenvalue weighted by Gasteiger charge is -1.89. The molecule has 0 atom stereocenters. The molecule has 0 fully saturated rings. The fourth-order valence-corrected chi connectivity index (χ4v) is 0.901. The number of nitrogens with zero attached hydrogens (tertiary/aromatic N) is 3. The number of nitrogens with one attached hydrogen (secondary N) is 1. The highest BCUT2D eigenvalue weighted by atomic mass is 16.1.